The molecule has 0 unspecified atom stereocenters. The number of hydrogen-bond donors (Lipinski definition) is 3. The van der Waals surface area contributed by atoms with Crippen LogP contribution < -0.4 is 15.8 Å². The van der Waals surface area contributed by atoms with Crippen molar-refractivity contribution in [3.63, 3.8) is 0 Å². The highest BCUT2D eigenvalue weighted by Crippen LogP contribution is 2.22. The monoisotopic (exact) mass is 248 g/mol. The summed E-state index contributed by atoms with van der Waals surface area (Å²) in [4.78, 5) is 0. The number of hydrogen-bond acceptors (Lipinski definition) is 6. The van der Waals surface area contributed by atoms with Gasteiger partial charge in [0.2, 0.25) is 0 Å². The van der Waals surface area contributed by atoms with Gasteiger partial charge >= 0.3 is 0 Å². The topological polar surface area (TPSA) is 102 Å². The number of anilines is 2. The second kappa shape index (κ2) is 5.85. The molecule has 96 valence electrons. The summed E-state index contributed by atoms with van der Waals surface area (Å²) in [5.74, 6) is 1.35. The Morgan fingerprint density at radius 2 is 2.28 bits per heavy atom. The van der Waals surface area contributed by atoms with Crippen LogP contribution in [-0.4, -0.2) is 27.2 Å². The molecular weight excluding hydrogens is 232 g/mol. The Morgan fingerprint density at radius 3 is 3.00 bits per heavy atom. The molecule has 4 N–H and O–H groups in total. The maximum atomic E-state index is 5.81. The molecule has 2 rings (SSSR count). The van der Waals surface area contributed by atoms with Crippen LogP contribution in [0.4, 0.5) is 11.4 Å². The number of nitrogens with one attached hydrogen (secondary N) is 2. The Bertz CT molecular complexity index is 484. The first-order valence-electron chi connectivity index (χ1n) is 5.77. The molecule has 0 bridgehead atoms. The highest BCUT2D eigenvalue weighted by atomic mass is 16.5. The van der Waals surface area contributed by atoms with Crippen LogP contribution in [0.5, 0.6) is 5.75 Å². The molecule has 1 aromatic carbocycles. The molecule has 1 aromatic heterocycles. The standard InChI is InChI=1S/C11H16N6O/c1-2-3-18-10-5-8(12)4-9(6-10)13-7-11-14-16-17-15-11/h4-6,13H,2-3,7,12H2,1H3,(H,14,15,16,17). The molecule has 0 amide bonds. The number of nitrogen functional groups attached to an aromatic ring is 1. The van der Waals surface area contributed by atoms with Gasteiger partial charge in [-0.3, -0.25) is 0 Å². The van der Waals surface area contributed by atoms with Gasteiger partial charge in [-0.15, -0.1) is 10.2 Å². The first-order valence-corrected chi connectivity index (χ1v) is 5.77. The number of tetrazole rings is 1. The van der Waals surface area contributed by atoms with E-state index in [4.69, 9.17) is 10.5 Å². The van der Waals surface area contributed by atoms with Gasteiger partial charge in [0.05, 0.1) is 13.2 Å². The predicted molar refractivity (Wildman–Crippen MR) is 68.1 cm³/mol. The minimum atomic E-state index is 0.479. The largest absolute Gasteiger partial charge is 0.493 e. The summed E-state index contributed by atoms with van der Waals surface area (Å²) >= 11 is 0. The molecular formula is C11H16N6O. The summed E-state index contributed by atoms with van der Waals surface area (Å²) in [6.07, 6.45) is 0.959. The molecule has 0 aliphatic carbocycles. The van der Waals surface area contributed by atoms with E-state index in [1.165, 1.54) is 0 Å². The second-order valence-corrected chi connectivity index (χ2v) is 3.82. The molecule has 0 saturated heterocycles. The van der Waals surface area contributed by atoms with E-state index in [9.17, 15) is 0 Å². The number of aromatic amines is 1. The zero-order valence-electron chi connectivity index (χ0n) is 10.2. The number of benzene rings is 1. The third kappa shape index (κ3) is 3.34. The zero-order valence-corrected chi connectivity index (χ0v) is 10.2. The lowest BCUT2D eigenvalue weighted by molar-refractivity contribution is 0.318. The average Bonchev–Trinajstić information content (AvgIpc) is 2.86. The lowest BCUT2D eigenvalue weighted by atomic mass is 10.2. The van der Waals surface area contributed by atoms with E-state index in [-0.39, 0.29) is 0 Å². The molecule has 2 aromatic rings. The van der Waals surface area contributed by atoms with E-state index in [1.54, 1.807) is 6.07 Å². The van der Waals surface area contributed by atoms with Crippen LogP contribution in [0, 0.1) is 0 Å². The van der Waals surface area contributed by atoms with Gasteiger partial charge in [0, 0.05) is 23.5 Å². The zero-order chi connectivity index (χ0) is 12.8. The molecule has 7 nitrogen and oxygen atoms in total. The van der Waals surface area contributed by atoms with Crippen molar-refractivity contribution < 1.29 is 4.74 Å². The van der Waals surface area contributed by atoms with Gasteiger partial charge < -0.3 is 15.8 Å². The fourth-order valence-corrected chi connectivity index (χ4v) is 1.47. The van der Waals surface area contributed by atoms with Crippen LogP contribution in [0.2, 0.25) is 0 Å². The van der Waals surface area contributed by atoms with Crippen molar-refractivity contribution in [1.29, 1.82) is 0 Å². The molecule has 0 spiro atoms. The molecule has 7 heteroatoms. The van der Waals surface area contributed by atoms with Gasteiger partial charge in [0.25, 0.3) is 0 Å². The highest BCUT2D eigenvalue weighted by Gasteiger charge is 2.02. The quantitative estimate of drug-likeness (QED) is 0.663. The predicted octanol–water partition coefficient (Wildman–Crippen LogP) is 1.18. The van der Waals surface area contributed by atoms with Gasteiger partial charge in [-0.1, -0.05) is 12.1 Å². The van der Waals surface area contributed by atoms with E-state index in [0.29, 0.717) is 24.7 Å². The SMILES string of the molecule is CCCOc1cc(N)cc(NCc2nn[nH]n2)c1. The highest BCUT2D eigenvalue weighted by molar-refractivity contribution is 5.59. The van der Waals surface area contributed by atoms with Crippen LogP contribution in [0.1, 0.15) is 19.2 Å². The van der Waals surface area contributed by atoms with E-state index < -0.39 is 0 Å². The van der Waals surface area contributed by atoms with Gasteiger partial charge in [0.1, 0.15) is 5.75 Å². The minimum Gasteiger partial charge on any atom is -0.493 e. The number of nitrogens with two attached hydrogens (primary N) is 1. The van der Waals surface area contributed by atoms with Crippen molar-refractivity contribution in [1.82, 2.24) is 20.6 Å². The number of aromatic nitrogens is 4. The summed E-state index contributed by atoms with van der Waals surface area (Å²) in [6, 6.07) is 5.53. The van der Waals surface area contributed by atoms with Crippen LogP contribution in [0.15, 0.2) is 18.2 Å². The van der Waals surface area contributed by atoms with E-state index in [2.05, 4.69) is 32.9 Å². The maximum absolute atomic E-state index is 5.81. The fourth-order valence-electron chi connectivity index (χ4n) is 1.47. The van der Waals surface area contributed by atoms with Crippen molar-refractivity contribution in [2.75, 3.05) is 17.7 Å². The van der Waals surface area contributed by atoms with Crippen LogP contribution in [0.25, 0.3) is 0 Å². The minimum absolute atomic E-state index is 0.479. The lowest BCUT2D eigenvalue weighted by Gasteiger charge is -2.09. The van der Waals surface area contributed by atoms with Gasteiger partial charge in [0.15, 0.2) is 5.82 Å². The first-order chi connectivity index (χ1) is 8.78. The third-order valence-electron chi connectivity index (χ3n) is 2.24. The number of ether oxygens (including phenoxy) is 1. The normalized spacial score (nSPS) is 10.3. The maximum Gasteiger partial charge on any atom is 0.193 e. The summed E-state index contributed by atoms with van der Waals surface area (Å²) < 4.78 is 5.54. The Labute approximate surface area is 105 Å². The number of nitrogens with zero attached hydrogens (tertiary/aromatic N) is 3. The van der Waals surface area contributed by atoms with Gasteiger partial charge in [-0.25, -0.2) is 0 Å². The van der Waals surface area contributed by atoms with E-state index in [1.807, 2.05) is 12.1 Å². The smallest absolute Gasteiger partial charge is 0.193 e. The Balaban J connectivity index is 2.00. The fraction of sp³-hybridized carbons (Fsp3) is 0.364. The first kappa shape index (κ1) is 12.2. The van der Waals surface area contributed by atoms with Gasteiger partial charge in [-0.05, 0) is 12.5 Å². The van der Waals surface area contributed by atoms with Crippen LogP contribution in [0.3, 0.4) is 0 Å². The molecule has 18 heavy (non-hydrogen) atoms. The van der Waals surface area contributed by atoms with Crippen molar-refractivity contribution in [2.24, 2.45) is 0 Å². The molecule has 0 saturated carbocycles. The summed E-state index contributed by atoms with van der Waals surface area (Å²) in [7, 11) is 0. The van der Waals surface area contributed by atoms with Gasteiger partial charge in [-0.2, -0.15) is 5.21 Å². The molecule has 0 atom stereocenters. The van der Waals surface area contributed by atoms with Crippen molar-refractivity contribution in [2.45, 2.75) is 19.9 Å². The number of rotatable bonds is 6. The Kier molecular flexibility index (Phi) is 3.95. The molecule has 0 aliphatic heterocycles. The summed E-state index contributed by atoms with van der Waals surface area (Å²) in [5, 5.41) is 16.7. The van der Waals surface area contributed by atoms with Crippen molar-refractivity contribution >= 4 is 11.4 Å². The molecule has 0 radical (unpaired) electrons. The van der Waals surface area contributed by atoms with Crippen molar-refractivity contribution in [3.05, 3.63) is 24.0 Å². The van der Waals surface area contributed by atoms with E-state index in [0.717, 1.165) is 17.9 Å². The third-order valence-corrected chi connectivity index (χ3v) is 2.24. The second-order valence-electron chi connectivity index (χ2n) is 3.82. The molecule has 1 heterocycles. The molecule has 0 fully saturated rings. The van der Waals surface area contributed by atoms with Crippen LogP contribution in [-0.2, 0) is 6.54 Å². The Morgan fingerprint density at radius 1 is 1.39 bits per heavy atom. The Hall–Kier alpha value is -2.31. The molecule has 0 aliphatic rings. The summed E-state index contributed by atoms with van der Waals surface area (Å²) in [5.41, 5.74) is 7.33. The average molecular weight is 248 g/mol. The lowest BCUT2D eigenvalue weighted by Crippen LogP contribution is -2.03. The van der Waals surface area contributed by atoms with E-state index >= 15 is 0 Å². The number of H-pyrrole nitrogens is 1. The van der Waals surface area contributed by atoms with Crippen LogP contribution >= 0.6 is 0 Å². The summed E-state index contributed by atoms with van der Waals surface area (Å²) in [6.45, 7) is 3.21. The van der Waals surface area contributed by atoms with Crippen molar-refractivity contribution in [3.8, 4) is 5.75 Å².